The van der Waals surface area contributed by atoms with Crippen molar-refractivity contribution in [2.75, 3.05) is 6.54 Å². The van der Waals surface area contributed by atoms with Gasteiger partial charge in [0.25, 0.3) is 0 Å². The number of nitrogens with zero attached hydrogens (tertiary/aromatic N) is 1. The quantitative estimate of drug-likeness (QED) is 0.829. The van der Waals surface area contributed by atoms with Gasteiger partial charge in [0, 0.05) is 13.1 Å². The summed E-state index contributed by atoms with van der Waals surface area (Å²) in [6.45, 7) is 5.79. The molecule has 1 atom stereocenters. The number of rotatable bonds is 3. The van der Waals surface area contributed by atoms with E-state index in [4.69, 9.17) is 0 Å². The number of hydrogen-bond acceptors (Lipinski definition) is 1. The van der Waals surface area contributed by atoms with Crippen molar-refractivity contribution in [3.63, 3.8) is 0 Å². The fourth-order valence-corrected chi connectivity index (χ4v) is 1.93. The molecule has 1 N–H and O–H groups in total. The van der Waals surface area contributed by atoms with Crippen molar-refractivity contribution in [1.82, 2.24) is 10.2 Å². The second-order valence-electron chi connectivity index (χ2n) is 4.67. The molecule has 0 aliphatic carbocycles. The van der Waals surface area contributed by atoms with Crippen LogP contribution < -0.4 is 5.32 Å². The molecule has 1 aliphatic heterocycles. The minimum atomic E-state index is 0.0579. The summed E-state index contributed by atoms with van der Waals surface area (Å²) in [7, 11) is 0. The third-order valence-electron chi connectivity index (χ3n) is 3.03. The van der Waals surface area contributed by atoms with Gasteiger partial charge in [-0.25, -0.2) is 4.79 Å². The molecular formula is C13H18N2O. The van der Waals surface area contributed by atoms with E-state index in [1.165, 1.54) is 5.56 Å². The van der Waals surface area contributed by atoms with Gasteiger partial charge in [-0.2, -0.15) is 0 Å². The minimum absolute atomic E-state index is 0.0579. The molecule has 1 aromatic rings. The lowest BCUT2D eigenvalue weighted by Gasteiger charge is -2.16. The number of nitrogens with one attached hydrogen (secondary N) is 1. The standard InChI is InChI=1S/C13H18N2O/c1-10(2)12-9-15(13(16)14-12)8-11-6-4-3-5-7-11/h3-7,10,12H,8-9H2,1-2H3,(H,14,16)/t12-/m1/s1. The monoisotopic (exact) mass is 218 g/mol. The summed E-state index contributed by atoms with van der Waals surface area (Å²) >= 11 is 0. The van der Waals surface area contributed by atoms with Crippen LogP contribution in [-0.4, -0.2) is 23.5 Å². The Morgan fingerprint density at radius 2 is 2.06 bits per heavy atom. The lowest BCUT2D eigenvalue weighted by molar-refractivity contribution is 0.215. The van der Waals surface area contributed by atoms with Crippen LogP contribution >= 0.6 is 0 Å². The average molecular weight is 218 g/mol. The average Bonchev–Trinajstić information content (AvgIpc) is 2.62. The molecule has 1 saturated heterocycles. The van der Waals surface area contributed by atoms with Gasteiger partial charge in [-0.1, -0.05) is 44.2 Å². The van der Waals surface area contributed by atoms with Gasteiger partial charge in [0.1, 0.15) is 0 Å². The van der Waals surface area contributed by atoms with E-state index in [9.17, 15) is 4.79 Å². The summed E-state index contributed by atoms with van der Waals surface area (Å²) in [6.07, 6.45) is 0. The molecule has 3 heteroatoms. The van der Waals surface area contributed by atoms with Crippen LogP contribution in [0.2, 0.25) is 0 Å². The molecule has 1 aliphatic rings. The number of urea groups is 1. The molecule has 2 amide bonds. The Bertz CT molecular complexity index is 361. The summed E-state index contributed by atoms with van der Waals surface area (Å²) in [5.41, 5.74) is 1.18. The van der Waals surface area contributed by atoms with Crippen LogP contribution in [0.15, 0.2) is 30.3 Å². The summed E-state index contributed by atoms with van der Waals surface area (Å²) in [5, 5.41) is 3.01. The van der Waals surface area contributed by atoms with Crippen molar-refractivity contribution in [3.8, 4) is 0 Å². The van der Waals surface area contributed by atoms with E-state index in [1.807, 2.05) is 23.1 Å². The number of benzene rings is 1. The first-order valence-corrected chi connectivity index (χ1v) is 5.76. The Morgan fingerprint density at radius 1 is 1.38 bits per heavy atom. The van der Waals surface area contributed by atoms with E-state index in [0.717, 1.165) is 6.54 Å². The second kappa shape index (κ2) is 4.56. The molecule has 16 heavy (non-hydrogen) atoms. The first kappa shape index (κ1) is 11.0. The fraction of sp³-hybridized carbons (Fsp3) is 0.462. The van der Waals surface area contributed by atoms with Crippen LogP contribution in [0, 0.1) is 5.92 Å². The Morgan fingerprint density at radius 3 is 2.62 bits per heavy atom. The summed E-state index contributed by atoms with van der Waals surface area (Å²) in [6, 6.07) is 10.4. The lowest BCUT2D eigenvalue weighted by atomic mass is 10.1. The first-order chi connectivity index (χ1) is 7.66. The van der Waals surface area contributed by atoms with Gasteiger partial charge < -0.3 is 10.2 Å². The van der Waals surface area contributed by atoms with Crippen LogP contribution in [0.5, 0.6) is 0 Å². The van der Waals surface area contributed by atoms with E-state index >= 15 is 0 Å². The molecule has 0 unspecified atom stereocenters. The Labute approximate surface area is 96.5 Å². The first-order valence-electron chi connectivity index (χ1n) is 5.76. The molecule has 1 aromatic carbocycles. The molecule has 0 radical (unpaired) electrons. The van der Waals surface area contributed by atoms with Crippen LogP contribution in [0.3, 0.4) is 0 Å². The van der Waals surface area contributed by atoms with Gasteiger partial charge >= 0.3 is 6.03 Å². The van der Waals surface area contributed by atoms with Gasteiger partial charge in [-0.3, -0.25) is 0 Å². The van der Waals surface area contributed by atoms with Gasteiger partial charge in [0.15, 0.2) is 0 Å². The predicted molar refractivity (Wildman–Crippen MR) is 64.0 cm³/mol. The van der Waals surface area contributed by atoms with Gasteiger partial charge in [-0.15, -0.1) is 0 Å². The molecule has 0 bridgehead atoms. The van der Waals surface area contributed by atoms with Crippen LogP contribution in [0.4, 0.5) is 4.79 Å². The predicted octanol–water partition coefficient (Wildman–Crippen LogP) is 2.24. The Hall–Kier alpha value is -1.51. The highest BCUT2D eigenvalue weighted by Crippen LogP contribution is 2.14. The maximum atomic E-state index is 11.7. The summed E-state index contributed by atoms with van der Waals surface area (Å²) in [4.78, 5) is 13.6. The highest BCUT2D eigenvalue weighted by molar-refractivity contribution is 5.76. The maximum absolute atomic E-state index is 11.7. The largest absolute Gasteiger partial charge is 0.333 e. The molecule has 1 heterocycles. The maximum Gasteiger partial charge on any atom is 0.318 e. The number of amides is 2. The molecule has 3 nitrogen and oxygen atoms in total. The Balaban J connectivity index is 1.99. The van der Waals surface area contributed by atoms with E-state index in [-0.39, 0.29) is 12.1 Å². The normalized spacial score (nSPS) is 20.3. The van der Waals surface area contributed by atoms with Crippen molar-refractivity contribution in [2.45, 2.75) is 26.4 Å². The molecule has 86 valence electrons. The minimum Gasteiger partial charge on any atom is -0.333 e. The topological polar surface area (TPSA) is 32.3 Å². The zero-order chi connectivity index (χ0) is 11.5. The molecule has 0 spiro atoms. The molecule has 0 saturated carbocycles. The third kappa shape index (κ3) is 2.35. The number of carbonyl (C=O) groups is 1. The second-order valence-corrected chi connectivity index (χ2v) is 4.67. The Kier molecular flexibility index (Phi) is 3.13. The van der Waals surface area contributed by atoms with Crippen LogP contribution in [0.25, 0.3) is 0 Å². The van der Waals surface area contributed by atoms with Gasteiger partial charge in [-0.05, 0) is 11.5 Å². The molecule has 2 rings (SSSR count). The molecule has 1 fully saturated rings. The summed E-state index contributed by atoms with van der Waals surface area (Å²) in [5.74, 6) is 0.490. The highest BCUT2D eigenvalue weighted by atomic mass is 16.2. The van der Waals surface area contributed by atoms with Crippen LogP contribution in [-0.2, 0) is 6.54 Å². The smallest absolute Gasteiger partial charge is 0.318 e. The lowest BCUT2D eigenvalue weighted by Crippen LogP contribution is -2.31. The van der Waals surface area contributed by atoms with Crippen molar-refractivity contribution in [3.05, 3.63) is 35.9 Å². The van der Waals surface area contributed by atoms with E-state index in [2.05, 4.69) is 31.3 Å². The van der Waals surface area contributed by atoms with Crippen molar-refractivity contribution >= 4 is 6.03 Å². The van der Waals surface area contributed by atoms with Gasteiger partial charge in [0.05, 0.1) is 6.04 Å². The fourth-order valence-electron chi connectivity index (χ4n) is 1.93. The van der Waals surface area contributed by atoms with Crippen molar-refractivity contribution < 1.29 is 4.79 Å². The number of carbonyl (C=O) groups excluding carboxylic acids is 1. The number of hydrogen-bond donors (Lipinski definition) is 1. The summed E-state index contributed by atoms with van der Waals surface area (Å²) < 4.78 is 0. The zero-order valence-electron chi connectivity index (χ0n) is 9.81. The third-order valence-corrected chi connectivity index (χ3v) is 3.03. The van der Waals surface area contributed by atoms with E-state index in [1.54, 1.807) is 0 Å². The van der Waals surface area contributed by atoms with Gasteiger partial charge in [0.2, 0.25) is 0 Å². The highest BCUT2D eigenvalue weighted by Gasteiger charge is 2.30. The van der Waals surface area contributed by atoms with Crippen LogP contribution in [0.1, 0.15) is 19.4 Å². The van der Waals surface area contributed by atoms with Crippen molar-refractivity contribution in [1.29, 1.82) is 0 Å². The van der Waals surface area contributed by atoms with E-state index < -0.39 is 0 Å². The molecule has 0 aromatic heterocycles. The SMILES string of the molecule is CC(C)[C@H]1CN(Cc2ccccc2)C(=O)N1. The zero-order valence-corrected chi connectivity index (χ0v) is 9.81. The molecular weight excluding hydrogens is 200 g/mol. The van der Waals surface area contributed by atoms with E-state index in [0.29, 0.717) is 12.5 Å². The van der Waals surface area contributed by atoms with Crippen molar-refractivity contribution in [2.24, 2.45) is 5.92 Å².